The number of anilines is 1. The number of benzene rings is 1. The highest BCUT2D eigenvalue weighted by Gasteiger charge is 2.23. The lowest BCUT2D eigenvalue weighted by Crippen LogP contribution is -2.41. The Morgan fingerprint density at radius 1 is 1.39 bits per heavy atom. The maximum absolute atomic E-state index is 12.1. The summed E-state index contributed by atoms with van der Waals surface area (Å²) in [6.45, 7) is 8.21. The van der Waals surface area contributed by atoms with E-state index in [-0.39, 0.29) is 17.4 Å². The Hall–Kier alpha value is -1.71. The van der Waals surface area contributed by atoms with E-state index in [0.29, 0.717) is 17.0 Å². The van der Waals surface area contributed by atoms with E-state index >= 15 is 0 Å². The molecule has 100 valence electrons. The van der Waals surface area contributed by atoms with Crippen LogP contribution in [0, 0.1) is 5.41 Å². The molecule has 0 heterocycles. The van der Waals surface area contributed by atoms with E-state index in [1.807, 2.05) is 6.92 Å². The maximum atomic E-state index is 12.1. The second-order valence-corrected chi connectivity index (χ2v) is 5.48. The number of carbonyl (C=O) groups is 1. The van der Waals surface area contributed by atoms with Gasteiger partial charge in [-0.1, -0.05) is 26.8 Å². The topological polar surface area (TPSA) is 64.3 Å². The van der Waals surface area contributed by atoms with Crippen LogP contribution in [0.15, 0.2) is 18.2 Å². The molecule has 0 radical (unpaired) electrons. The summed E-state index contributed by atoms with van der Waals surface area (Å²) in [6.07, 6.45) is 0. The minimum Gasteiger partial charge on any atom is -0.495 e. The van der Waals surface area contributed by atoms with Gasteiger partial charge in [0.05, 0.1) is 18.4 Å². The summed E-state index contributed by atoms with van der Waals surface area (Å²) in [7, 11) is 1.53. The van der Waals surface area contributed by atoms with E-state index in [4.69, 9.17) is 10.5 Å². The Morgan fingerprint density at radius 2 is 2.00 bits per heavy atom. The SMILES string of the molecule is COc1cccc(C(=O)NC(C)C(C)(C)C)c1N. The standard InChI is InChI=1S/C14H22N2O2/c1-9(14(2,3)4)16-13(17)10-7-6-8-11(18-5)12(10)15/h6-9H,15H2,1-5H3,(H,16,17). The summed E-state index contributed by atoms with van der Waals surface area (Å²) in [5, 5.41) is 2.95. The zero-order valence-electron chi connectivity index (χ0n) is 11.7. The number of nitrogen functional groups attached to an aromatic ring is 1. The largest absolute Gasteiger partial charge is 0.495 e. The number of nitrogens with one attached hydrogen (secondary N) is 1. The van der Waals surface area contributed by atoms with Crippen LogP contribution in [0.5, 0.6) is 5.75 Å². The van der Waals surface area contributed by atoms with Gasteiger partial charge in [-0.15, -0.1) is 0 Å². The quantitative estimate of drug-likeness (QED) is 0.810. The zero-order chi connectivity index (χ0) is 13.9. The van der Waals surface area contributed by atoms with Crippen molar-refractivity contribution in [3.05, 3.63) is 23.8 Å². The number of ether oxygens (including phenoxy) is 1. The van der Waals surface area contributed by atoms with Gasteiger partial charge in [-0.05, 0) is 24.5 Å². The Bertz CT molecular complexity index is 436. The number of rotatable bonds is 3. The molecule has 0 spiro atoms. The average molecular weight is 250 g/mol. The van der Waals surface area contributed by atoms with E-state index in [2.05, 4.69) is 26.1 Å². The van der Waals surface area contributed by atoms with Gasteiger partial charge in [0.2, 0.25) is 0 Å². The summed E-state index contributed by atoms with van der Waals surface area (Å²) >= 11 is 0. The first-order valence-corrected chi connectivity index (χ1v) is 6.00. The molecule has 0 saturated heterocycles. The zero-order valence-corrected chi connectivity index (χ0v) is 11.7. The lowest BCUT2D eigenvalue weighted by molar-refractivity contribution is 0.0911. The van der Waals surface area contributed by atoms with Crippen LogP contribution in [0.2, 0.25) is 0 Å². The van der Waals surface area contributed by atoms with E-state index in [9.17, 15) is 4.79 Å². The molecule has 1 amide bonds. The van der Waals surface area contributed by atoms with Crippen LogP contribution in [0.1, 0.15) is 38.1 Å². The summed E-state index contributed by atoms with van der Waals surface area (Å²) in [6, 6.07) is 5.24. The summed E-state index contributed by atoms with van der Waals surface area (Å²) in [4.78, 5) is 12.1. The van der Waals surface area contributed by atoms with Gasteiger partial charge in [-0.2, -0.15) is 0 Å². The summed E-state index contributed by atoms with van der Waals surface area (Å²) < 4.78 is 5.10. The second-order valence-electron chi connectivity index (χ2n) is 5.48. The number of methoxy groups -OCH3 is 1. The first-order chi connectivity index (χ1) is 8.27. The van der Waals surface area contributed by atoms with Gasteiger partial charge >= 0.3 is 0 Å². The first-order valence-electron chi connectivity index (χ1n) is 6.00. The fourth-order valence-electron chi connectivity index (χ4n) is 1.41. The summed E-state index contributed by atoms with van der Waals surface area (Å²) in [5.41, 5.74) is 6.72. The third-order valence-electron chi connectivity index (χ3n) is 3.18. The molecule has 4 heteroatoms. The number of para-hydroxylation sites is 1. The lowest BCUT2D eigenvalue weighted by atomic mass is 9.88. The van der Waals surface area contributed by atoms with Crippen molar-refractivity contribution in [2.45, 2.75) is 33.7 Å². The molecule has 0 aliphatic rings. The Morgan fingerprint density at radius 3 is 2.50 bits per heavy atom. The third-order valence-corrected chi connectivity index (χ3v) is 3.18. The van der Waals surface area contributed by atoms with Gasteiger partial charge in [0, 0.05) is 6.04 Å². The van der Waals surface area contributed by atoms with Crippen molar-refractivity contribution in [1.82, 2.24) is 5.32 Å². The molecule has 0 aliphatic carbocycles. The van der Waals surface area contributed by atoms with Crippen molar-refractivity contribution >= 4 is 11.6 Å². The van der Waals surface area contributed by atoms with E-state index in [1.165, 1.54) is 7.11 Å². The molecule has 1 aromatic rings. The molecule has 4 nitrogen and oxygen atoms in total. The number of carbonyl (C=O) groups excluding carboxylic acids is 1. The molecule has 0 aliphatic heterocycles. The third kappa shape index (κ3) is 3.15. The number of nitrogens with two attached hydrogens (primary N) is 1. The molecule has 1 aromatic carbocycles. The number of hydrogen-bond acceptors (Lipinski definition) is 3. The van der Waals surface area contributed by atoms with E-state index in [0.717, 1.165) is 0 Å². The van der Waals surface area contributed by atoms with Crippen molar-refractivity contribution in [2.24, 2.45) is 5.41 Å². The van der Waals surface area contributed by atoms with Crippen LogP contribution in [0.25, 0.3) is 0 Å². The maximum Gasteiger partial charge on any atom is 0.253 e. The van der Waals surface area contributed by atoms with E-state index in [1.54, 1.807) is 18.2 Å². The van der Waals surface area contributed by atoms with Gasteiger partial charge in [-0.3, -0.25) is 4.79 Å². The van der Waals surface area contributed by atoms with Crippen LogP contribution in [-0.4, -0.2) is 19.1 Å². The second kappa shape index (κ2) is 5.29. The van der Waals surface area contributed by atoms with Crippen LogP contribution in [0.3, 0.4) is 0 Å². The minimum absolute atomic E-state index is 0.00326. The molecule has 3 N–H and O–H groups in total. The normalized spacial score (nSPS) is 12.9. The van der Waals surface area contributed by atoms with Gasteiger partial charge in [0.25, 0.3) is 5.91 Å². The average Bonchev–Trinajstić information content (AvgIpc) is 2.27. The van der Waals surface area contributed by atoms with Gasteiger partial charge in [0.15, 0.2) is 0 Å². The van der Waals surface area contributed by atoms with Crippen molar-refractivity contribution < 1.29 is 9.53 Å². The predicted molar refractivity (Wildman–Crippen MR) is 73.8 cm³/mol. The monoisotopic (exact) mass is 250 g/mol. The van der Waals surface area contributed by atoms with Crippen LogP contribution < -0.4 is 15.8 Å². The van der Waals surface area contributed by atoms with Gasteiger partial charge in [0.1, 0.15) is 5.75 Å². The lowest BCUT2D eigenvalue weighted by Gasteiger charge is -2.28. The van der Waals surface area contributed by atoms with Crippen molar-refractivity contribution in [3.8, 4) is 5.75 Å². The molecule has 0 aromatic heterocycles. The molecular weight excluding hydrogens is 228 g/mol. The molecule has 0 saturated carbocycles. The smallest absolute Gasteiger partial charge is 0.253 e. The van der Waals surface area contributed by atoms with Gasteiger partial charge in [-0.25, -0.2) is 0 Å². The van der Waals surface area contributed by atoms with Gasteiger partial charge < -0.3 is 15.8 Å². The number of amides is 1. The highest BCUT2D eigenvalue weighted by atomic mass is 16.5. The van der Waals surface area contributed by atoms with Crippen molar-refractivity contribution in [1.29, 1.82) is 0 Å². The molecule has 1 atom stereocenters. The molecule has 18 heavy (non-hydrogen) atoms. The Labute approximate surface area is 109 Å². The number of hydrogen-bond donors (Lipinski definition) is 2. The first kappa shape index (κ1) is 14.4. The molecule has 0 fully saturated rings. The molecule has 1 rings (SSSR count). The Balaban J connectivity index is 2.92. The highest BCUT2D eigenvalue weighted by molar-refractivity contribution is 6.00. The summed E-state index contributed by atoms with van der Waals surface area (Å²) in [5.74, 6) is 0.347. The molecule has 1 unspecified atom stereocenters. The molecule has 0 bridgehead atoms. The van der Waals surface area contributed by atoms with E-state index < -0.39 is 0 Å². The minimum atomic E-state index is -0.172. The fourth-order valence-corrected chi connectivity index (χ4v) is 1.41. The highest BCUT2D eigenvalue weighted by Crippen LogP contribution is 2.25. The van der Waals surface area contributed by atoms with Crippen LogP contribution in [-0.2, 0) is 0 Å². The van der Waals surface area contributed by atoms with Crippen molar-refractivity contribution in [3.63, 3.8) is 0 Å². The van der Waals surface area contributed by atoms with Crippen LogP contribution in [0.4, 0.5) is 5.69 Å². The predicted octanol–water partition coefficient (Wildman–Crippen LogP) is 2.44. The van der Waals surface area contributed by atoms with Crippen LogP contribution >= 0.6 is 0 Å². The Kier molecular flexibility index (Phi) is 4.22. The molecular formula is C14H22N2O2. The fraction of sp³-hybridized carbons (Fsp3) is 0.500. The van der Waals surface area contributed by atoms with Crippen molar-refractivity contribution in [2.75, 3.05) is 12.8 Å².